The molecule has 0 radical (unpaired) electrons. The predicted octanol–water partition coefficient (Wildman–Crippen LogP) is 3.98. The summed E-state index contributed by atoms with van der Waals surface area (Å²) in [4.78, 5) is 12.4. The van der Waals surface area contributed by atoms with Crippen LogP contribution in [0.1, 0.15) is 32.6 Å². The van der Waals surface area contributed by atoms with Gasteiger partial charge in [0.2, 0.25) is 0 Å². The van der Waals surface area contributed by atoms with E-state index in [2.05, 4.69) is 33.9 Å². The zero-order chi connectivity index (χ0) is 15.4. The number of aromatic nitrogens is 2. The molecule has 1 aromatic carbocycles. The van der Waals surface area contributed by atoms with Crippen molar-refractivity contribution >= 4 is 23.3 Å². The van der Waals surface area contributed by atoms with Crippen molar-refractivity contribution in [1.82, 2.24) is 9.97 Å². The van der Waals surface area contributed by atoms with Crippen molar-refractivity contribution in [3.63, 3.8) is 0 Å². The molecule has 3 rings (SSSR count). The summed E-state index contributed by atoms with van der Waals surface area (Å²) in [6.07, 6.45) is 6.50. The van der Waals surface area contributed by atoms with Crippen molar-refractivity contribution in [2.24, 2.45) is 0 Å². The summed E-state index contributed by atoms with van der Waals surface area (Å²) in [6, 6.07) is 10.7. The van der Waals surface area contributed by atoms with Gasteiger partial charge in [-0.2, -0.15) is 0 Å². The molecule has 1 fully saturated rings. The SMILES string of the molecule is CCC1CCCCN1c1ncnc(Sc2ccccc2)c1N. The van der Waals surface area contributed by atoms with Gasteiger partial charge in [0.25, 0.3) is 0 Å². The van der Waals surface area contributed by atoms with Crippen molar-refractivity contribution < 1.29 is 0 Å². The number of nitrogen functional groups attached to an aromatic ring is 1. The molecule has 1 saturated heterocycles. The molecule has 1 aliphatic rings. The van der Waals surface area contributed by atoms with E-state index < -0.39 is 0 Å². The quantitative estimate of drug-likeness (QED) is 0.865. The molecule has 22 heavy (non-hydrogen) atoms. The van der Waals surface area contributed by atoms with Gasteiger partial charge in [-0.3, -0.25) is 0 Å². The first-order valence-electron chi connectivity index (χ1n) is 7.89. The van der Waals surface area contributed by atoms with Gasteiger partial charge < -0.3 is 10.6 Å². The van der Waals surface area contributed by atoms with Crippen molar-refractivity contribution in [3.8, 4) is 0 Å². The van der Waals surface area contributed by atoms with Gasteiger partial charge in [0.1, 0.15) is 17.0 Å². The Morgan fingerprint density at radius 3 is 2.82 bits per heavy atom. The Balaban J connectivity index is 1.88. The van der Waals surface area contributed by atoms with Crippen molar-refractivity contribution in [1.29, 1.82) is 0 Å². The average Bonchev–Trinajstić information content (AvgIpc) is 2.58. The smallest absolute Gasteiger partial charge is 0.156 e. The third-order valence-corrected chi connectivity index (χ3v) is 5.18. The number of nitrogens with zero attached hydrogens (tertiary/aromatic N) is 3. The van der Waals surface area contributed by atoms with Crippen molar-refractivity contribution in [2.45, 2.75) is 48.6 Å². The van der Waals surface area contributed by atoms with E-state index in [1.807, 2.05) is 18.2 Å². The van der Waals surface area contributed by atoms with E-state index in [9.17, 15) is 0 Å². The van der Waals surface area contributed by atoms with E-state index in [4.69, 9.17) is 5.73 Å². The molecule has 1 aromatic heterocycles. The second-order valence-electron chi connectivity index (χ2n) is 5.58. The zero-order valence-corrected chi connectivity index (χ0v) is 13.7. The third kappa shape index (κ3) is 3.19. The fourth-order valence-corrected chi connectivity index (χ4v) is 3.80. The lowest BCUT2D eigenvalue weighted by atomic mass is 10.00. The number of benzene rings is 1. The third-order valence-electron chi connectivity index (χ3n) is 4.15. The molecule has 1 atom stereocenters. The van der Waals surface area contributed by atoms with Gasteiger partial charge >= 0.3 is 0 Å². The average molecular weight is 314 g/mol. The predicted molar refractivity (Wildman–Crippen MR) is 92.3 cm³/mol. The van der Waals surface area contributed by atoms with E-state index >= 15 is 0 Å². The maximum Gasteiger partial charge on any atom is 0.156 e. The Kier molecular flexibility index (Phi) is 4.83. The van der Waals surface area contributed by atoms with E-state index in [1.165, 1.54) is 19.3 Å². The second-order valence-corrected chi connectivity index (χ2v) is 6.64. The fraction of sp³-hybridized carbons (Fsp3) is 0.412. The van der Waals surface area contributed by atoms with Gasteiger partial charge in [0.15, 0.2) is 5.82 Å². The van der Waals surface area contributed by atoms with Crippen LogP contribution in [0.5, 0.6) is 0 Å². The summed E-state index contributed by atoms with van der Waals surface area (Å²) < 4.78 is 0. The lowest BCUT2D eigenvalue weighted by Gasteiger charge is -2.36. The monoisotopic (exact) mass is 314 g/mol. The van der Waals surface area contributed by atoms with Crippen molar-refractivity contribution in [2.75, 3.05) is 17.2 Å². The van der Waals surface area contributed by atoms with E-state index in [-0.39, 0.29) is 0 Å². The van der Waals surface area contributed by atoms with Gasteiger partial charge in [-0.1, -0.05) is 36.9 Å². The summed E-state index contributed by atoms with van der Waals surface area (Å²) in [5.41, 5.74) is 7.10. The number of anilines is 2. The van der Waals surface area contributed by atoms with Crippen LogP contribution in [0.3, 0.4) is 0 Å². The minimum Gasteiger partial charge on any atom is -0.394 e. The van der Waals surface area contributed by atoms with E-state index in [0.29, 0.717) is 11.7 Å². The van der Waals surface area contributed by atoms with Crippen LogP contribution in [0.4, 0.5) is 11.5 Å². The fourth-order valence-electron chi connectivity index (χ4n) is 2.98. The summed E-state index contributed by atoms with van der Waals surface area (Å²) in [6.45, 7) is 3.27. The maximum atomic E-state index is 6.39. The lowest BCUT2D eigenvalue weighted by Crippen LogP contribution is -2.40. The van der Waals surface area contributed by atoms with Crippen molar-refractivity contribution in [3.05, 3.63) is 36.7 Å². The molecule has 2 aromatic rings. The molecule has 0 saturated carbocycles. The van der Waals surface area contributed by atoms with Crippen LogP contribution in [0.15, 0.2) is 46.6 Å². The summed E-state index contributed by atoms with van der Waals surface area (Å²) in [5, 5.41) is 0.844. The van der Waals surface area contributed by atoms with Gasteiger partial charge in [-0.25, -0.2) is 9.97 Å². The van der Waals surface area contributed by atoms with Gasteiger partial charge in [-0.15, -0.1) is 0 Å². The molecule has 0 amide bonds. The molecule has 2 heterocycles. The van der Waals surface area contributed by atoms with Crippen LogP contribution in [0, 0.1) is 0 Å². The molecule has 1 aliphatic heterocycles. The van der Waals surface area contributed by atoms with Gasteiger partial charge in [0.05, 0.1) is 0 Å². The highest BCUT2D eigenvalue weighted by molar-refractivity contribution is 7.99. The standard InChI is InChI=1S/C17H22N4S/c1-2-13-8-6-7-11-21(13)16-15(18)17(20-12-19-16)22-14-9-4-3-5-10-14/h3-5,9-10,12-13H,2,6-8,11,18H2,1H3. The molecular weight excluding hydrogens is 292 g/mol. The van der Waals surface area contributed by atoms with Crippen LogP contribution in [-0.4, -0.2) is 22.6 Å². The van der Waals surface area contributed by atoms with E-state index in [0.717, 1.165) is 28.7 Å². The normalized spacial score (nSPS) is 18.4. The van der Waals surface area contributed by atoms with Crippen LogP contribution in [0.25, 0.3) is 0 Å². The number of hydrogen-bond acceptors (Lipinski definition) is 5. The first-order chi connectivity index (χ1) is 10.8. The lowest BCUT2D eigenvalue weighted by molar-refractivity contribution is 0.447. The molecule has 0 aliphatic carbocycles. The van der Waals surface area contributed by atoms with E-state index in [1.54, 1.807) is 18.1 Å². The molecular formula is C17H22N4S. The number of rotatable bonds is 4. The molecule has 0 spiro atoms. The Bertz CT molecular complexity index is 617. The highest BCUT2D eigenvalue weighted by Crippen LogP contribution is 2.36. The number of piperidine rings is 1. The van der Waals surface area contributed by atoms with Crippen LogP contribution < -0.4 is 10.6 Å². The molecule has 1 unspecified atom stereocenters. The molecule has 2 N–H and O–H groups in total. The summed E-state index contributed by atoms with van der Waals surface area (Å²) >= 11 is 1.60. The van der Waals surface area contributed by atoms with Gasteiger partial charge in [-0.05, 0) is 37.8 Å². The topological polar surface area (TPSA) is 55.0 Å². The number of hydrogen-bond donors (Lipinski definition) is 1. The van der Waals surface area contributed by atoms with Gasteiger partial charge in [0, 0.05) is 17.5 Å². The summed E-state index contributed by atoms with van der Waals surface area (Å²) in [7, 11) is 0. The van der Waals surface area contributed by atoms with Crippen LogP contribution in [0.2, 0.25) is 0 Å². The Morgan fingerprint density at radius 1 is 1.23 bits per heavy atom. The first-order valence-corrected chi connectivity index (χ1v) is 8.71. The molecule has 5 heteroatoms. The Morgan fingerprint density at radius 2 is 2.05 bits per heavy atom. The maximum absolute atomic E-state index is 6.39. The molecule has 4 nitrogen and oxygen atoms in total. The Hall–Kier alpha value is -1.75. The first kappa shape index (κ1) is 15.2. The minimum absolute atomic E-state index is 0.542. The zero-order valence-electron chi connectivity index (χ0n) is 12.9. The van der Waals surface area contributed by atoms with Crippen LogP contribution >= 0.6 is 11.8 Å². The second kappa shape index (κ2) is 7.01. The highest BCUT2D eigenvalue weighted by Gasteiger charge is 2.25. The minimum atomic E-state index is 0.542. The highest BCUT2D eigenvalue weighted by atomic mass is 32.2. The largest absolute Gasteiger partial charge is 0.394 e. The number of nitrogens with two attached hydrogens (primary N) is 1. The Labute approximate surface area is 136 Å². The van der Waals surface area contributed by atoms with Crippen LogP contribution in [-0.2, 0) is 0 Å². The summed E-state index contributed by atoms with van der Waals surface area (Å²) in [5.74, 6) is 0.903. The molecule has 0 bridgehead atoms. The molecule has 116 valence electrons.